The molecule has 0 saturated heterocycles. The Bertz CT molecular complexity index is 1220. The quantitative estimate of drug-likeness (QED) is 0.0836. The molecule has 6 nitrogen and oxygen atoms in total. The molecule has 6 heteroatoms. The Balaban J connectivity index is 1.25. The molecule has 0 amide bonds. The van der Waals surface area contributed by atoms with E-state index >= 15 is 0 Å². The van der Waals surface area contributed by atoms with E-state index in [0.29, 0.717) is 24.7 Å². The summed E-state index contributed by atoms with van der Waals surface area (Å²) >= 11 is 0. The normalized spacial score (nSPS) is 13.2. The van der Waals surface area contributed by atoms with E-state index in [1.165, 1.54) is 50.5 Å². The predicted molar refractivity (Wildman–Crippen MR) is 161 cm³/mol. The molecular weight excluding hydrogens is 500 g/mol. The van der Waals surface area contributed by atoms with Crippen molar-refractivity contribution in [2.75, 3.05) is 19.9 Å². The fourth-order valence-corrected chi connectivity index (χ4v) is 4.61. The molecule has 0 bridgehead atoms. The Kier molecular flexibility index (Phi) is 11.6. The van der Waals surface area contributed by atoms with Crippen molar-refractivity contribution in [2.24, 2.45) is 4.99 Å². The molecule has 3 aromatic rings. The largest absolute Gasteiger partial charge is 0.494 e. The average Bonchev–Trinajstić information content (AvgIpc) is 2.99. The molecule has 0 aliphatic carbocycles. The van der Waals surface area contributed by atoms with E-state index in [1.54, 1.807) is 24.3 Å². The molecule has 0 fully saturated rings. The highest BCUT2D eigenvalue weighted by molar-refractivity contribution is 5.91. The van der Waals surface area contributed by atoms with Crippen LogP contribution in [-0.2, 0) is 6.54 Å². The summed E-state index contributed by atoms with van der Waals surface area (Å²) in [5.74, 6) is 1.81. The molecule has 40 heavy (non-hydrogen) atoms. The molecule has 1 aliphatic heterocycles. The Morgan fingerprint density at radius 2 is 1.60 bits per heavy atom. The van der Waals surface area contributed by atoms with Gasteiger partial charge >= 0.3 is 5.97 Å². The Morgan fingerprint density at radius 1 is 0.875 bits per heavy atom. The van der Waals surface area contributed by atoms with Crippen molar-refractivity contribution in [1.29, 1.82) is 0 Å². The van der Waals surface area contributed by atoms with Gasteiger partial charge in [0.15, 0.2) is 0 Å². The smallest absolute Gasteiger partial charge is 0.343 e. The molecule has 0 spiro atoms. The molecule has 1 heterocycles. The van der Waals surface area contributed by atoms with Crippen molar-refractivity contribution in [3.8, 4) is 17.2 Å². The number of hydrogen-bond acceptors (Lipinski definition) is 6. The summed E-state index contributed by atoms with van der Waals surface area (Å²) < 4.78 is 17.3. The second-order valence-electron chi connectivity index (χ2n) is 10.3. The van der Waals surface area contributed by atoms with Crippen LogP contribution in [0.3, 0.4) is 0 Å². The number of esters is 1. The van der Waals surface area contributed by atoms with E-state index < -0.39 is 5.97 Å². The number of benzene rings is 3. The van der Waals surface area contributed by atoms with Crippen LogP contribution in [-0.4, -0.2) is 37.0 Å². The Morgan fingerprint density at radius 3 is 2.38 bits per heavy atom. The van der Waals surface area contributed by atoms with E-state index in [0.717, 1.165) is 42.3 Å². The summed E-state index contributed by atoms with van der Waals surface area (Å²) in [5.41, 5.74) is 3.46. The summed E-state index contributed by atoms with van der Waals surface area (Å²) in [6, 6.07) is 20.5. The van der Waals surface area contributed by atoms with Gasteiger partial charge in [0.1, 0.15) is 24.0 Å². The highest BCUT2D eigenvalue weighted by Gasteiger charge is 2.17. The number of nitrogens with zero attached hydrogens (tertiary/aromatic N) is 2. The van der Waals surface area contributed by atoms with Crippen LogP contribution in [0.1, 0.15) is 86.7 Å². The molecule has 1 aliphatic rings. The van der Waals surface area contributed by atoms with Gasteiger partial charge in [0.2, 0.25) is 0 Å². The van der Waals surface area contributed by atoms with Crippen LogP contribution in [0.4, 0.5) is 5.69 Å². The maximum atomic E-state index is 12.6. The summed E-state index contributed by atoms with van der Waals surface area (Å²) in [7, 11) is 0. The summed E-state index contributed by atoms with van der Waals surface area (Å²) in [5, 5.41) is 0. The van der Waals surface area contributed by atoms with Crippen LogP contribution >= 0.6 is 0 Å². The van der Waals surface area contributed by atoms with Crippen molar-refractivity contribution in [3.05, 3.63) is 83.4 Å². The van der Waals surface area contributed by atoms with Gasteiger partial charge in [-0.15, -0.1) is 0 Å². The van der Waals surface area contributed by atoms with Crippen molar-refractivity contribution in [1.82, 2.24) is 4.90 Å². The number of rotatable bonds is 15. The lowest BCUT2D eigenvalue weighted by molar-refractivity contribution is 0.0734. The number of ether oxygens (including phenoxy) is 3. The van der Waals surface area contributed by atoms with Gasteiger partial charge in [0, 0.05) is 24.9 Å². The van der Waals surface area contributed by atoms with Crippen LogP contribution in [0.15, 0.2) is 71.7 Å². The predicted octanol–water partition coefficient (Wildman–Crippen LogP) is 8.35. The SMILES string of the molecule is CCCCCCCOc1ccc(C(=O)Oc2ccc(C=Nc3ccc4c(c3)CN(CCCCC)CO4)cc2)cc1. The first-order chi connectivity index (χ1) is 19.6. The van der Waals surface area contributed by atoms with E-state index in [9.17, 15) is 4.79 Å². The molecule has 0 atom stereocenters. The standard InChI is InChI=1S/C34H42N2O4/c1-3-5-7-8-10-22-38-31-18-13-28(14-19-31)34(37)40-32-16-11-27(12-17-32)24-35-30-15-20-33-29(23-30)25-36(26-39-33)21-9-6-4-2/h11-20,23-24H,3-10,21-22,25-26H2,1-2H3. The third-order valence-corrected chi connectivity index (χ3v) is 6.98. The number of fused-ring (bicyclic) bond motifs is 1. The number of unbranched alkanes of at least 4 members (excludes halogenated alkanes) is 6. The molecule has 0 unspecified atom stereocenters. The maximum Gasteiger partial charge on any atom is 0.343 e. The van der Waals surface area contributed by atoms with E-state index in [1.807, 2.05) is 42.6 Å². The fourth-order valence-electron chi connectivity index (χ4n) is 4.61. The zero-order valence-electron chi connectivity index (χ0n) is 23.9. The first-order valence-corrected chi connectivity index (χ1v) is 14.7. The molecule has 0 aromatic heterocycles. The minimum atomic E-state index is -0.396. The third-order valence-electron chi connectivity index (χ3n) is 6.98. The lowest BCUT2D eigenvalue weighted by Gasteiger charge is -2.29. The Labute approximate surface area is 239 Å². The maximum absolute atomic E-state index is 12.6. The summed E-state index contributed by atoms with van der Waals surface area (Å²) in [6.45, 7) is 7.72. The first-order valence-electron chi connectivity index (χ1n) is 14.7. The van der Waals surface area contributed by atoms with Crippen molar-refractivity contribution < 1.29 is 19.0 Å². The van der Waals surface area contributed by atoms with Crippen LogP contribution in [0.25, 0.3) is 0 Å². The molecule has 0 N–H and O–H groups in total. The molecule has 0 radical (unpaired) electrons. The lowest BCUT2D eigenvalue weighted by atomic mass is 10.1. The number of carbonyl (C=O) groups excluding carboxylic acids is 1. The fraction of sp³-hybridized carbons (Fsp3) is 0.412. The van der Waals surface area contributed by atoms with Gasteiger partial charge in [-0.25, -0.2) is 4.79 Å². The highest BCUT2D eigenvalue weighted by atomic mass is 16.5. The molecular formula is C34H42N2O4. The zero-order chi connectivity index (χ0) is 28.0. The van der Waals surface area contributed by atoms with Crippen LogP contribution in [0, 0.1) is 0 Å². The molecule has 4 rings (SSSR count). The van der Waals surface area contributed by atoms with Gasteiger partial charge in [-0.05, 0) is 85.1 Å². The van der Waals surface area contributed by atoms with Crippen LogP contribution in [0.2, 0.25) is 0 Å². The number of carbonyl (C=O) groups is 1. The molecule has 212 valence electrons. The molecule has 3 aromatic carbocycles. The molecule has 0 saturated carbocycles. The minimum absolute atomic E-state index is 0.396. The minimum Gasteiger partial charge on any atom is -0.494 e. The number of aliphatic imine (C=N–C) groups is 1. The third kappa shape index (κ3) is 9.23. The van der Waals surface area contributed by atoms with Gasteiger partial charge in [-0.1, -0.05) is 52.4 Å². The van der Waals surface area contributed by atoms with Crippen molar-refractivity contribution >= 4 is 17.9 Å². The average molecular weight is 543 g/mol. The van der Waals surface area contributed by atoms with Gasteiger partial charge < -0.3 is 14.2 Å². The van der Waals surface area contributed by atoms with Gasteiger partial charge in [-0.2, -0.15) is 0 Å². The summed E-state index contributed by atoms with van der Waals surface area (Å²) in [6.07, 6.45) is 11.5. The van der Waals surface area contributed by atoms with Crippen LogP contribution < -0.4 is 14.2 Å². The van der Waals surface area contributed by atoms with E-state index in [-0.39, 0.29) is 0 Å². The van der Waals surface area contributed by atoms with Gasteiger partial charge in [0.05, 0.1) is 17.9 Å². The van der Waals surface area contributed by atoms with Crippen molar-refractivity contribution in [2.45, 2.75) is 71.8 Å². The monoisotopic (exact) mass is 542 g/mol. The second kappa shape index (κ2) is 15.8. The number of hydrogen-bond donors (Lipinski definition) is 0. The van der Waals surface area contributed by atoms with Crippen LogP contribution in [0.5, 0.6) is 17.2 Å². The summed E-state index contributed by atoms with van der Waals surface area (Å²) in [4.78, 5) is 19.6. The zero-order valence-corrected chi connectivity index (χ0v) is 23.9. The van der Waals surface area contributed by atoms with Crippen molar-refractivity contribution in [3.63, 3.8) is 0 Å². The topological polar surface area (TPSA) is 60.4 Å². The van der Waals surface area contributed by atoms with E-state index in [4.69, 9.17) is 14.2 Å². The highest BCUT2D eigenvalue weighted by Crippen LogP contribution is 2.29. The van der Waals surface area contributed by atoms with Gasteiger partial charge in [-0.3, -0.25) is 9.89 Å². The second-order valence-corrected chi connectivity index (χ2v) is 10.3. The van der Waals surface area contributed by atoms with E-state index in [2.05, 4.69) is 29.8 Å². The first kappa shape index (κ1) is 29.3. The Hall–Kier alpha value is -3.64. The van der Waals surface area contributed by atoms with Gasteiger partial charge in [0.25, 0.3) is 0 Å². The lowest BCUT2D eigenvalue weighted by Crippen LogP contribution is -2.32.